The van der Waals surface area contributed by atoms with Crippen LogP contribution in [0.25, 0.3) is 10.8 Å². The average Bonchev–Trinajstić information content (AvgIpc) is 2.34. The van der Waals surface area contributed by atoms with Gasteiger partial charge in [0.25, 0.3) is 0 Å². The van der Waals surface area contributed by atoms with Crippen LogP contribution >= 0.6 is 11.8 Å². The molecule has 0 unspecified atom stereocenters. The van der Waals surface area contributed by atoms with Crippen molar-refractivity contribution in [3.63, 3.8) is 0 Å². The van der Waals surface area contributed by atoms with Crippen molar-refractivity contribution in [3.05, 3.63) is 24.5 Å². The molecule has 102 valence electrons. The van der Waals surface area contributed by atoms with E-state index in [1.165, 1.54) is 0 Å². The summed E-state index contributed by atoms with van der Waals surface area (Å²) in [5, 5.41) is 21.9. The van der Waals surface area contributed by atoms with Crippen LogP contribution < -0.4 is 4.57 Å². The van der Waals surface area contributed by atoms with Crippen LogP contribution in [0, 0.1) is 0 Å². The quantitative estimate of drug-likeness (QED) is 0.512. The molecule has 0 fully saturated rings. The predicted octanol–water partition coefficient (Wildman–Crippen LogP) is 3.62. The van der Waals surface area contributed by atoms with E-state index in [-0.39, 0.29) is 11.5 Å². The van der Waals surface area contributed by atoms with Crippen molar-refractivity contribution in [1.82, 2.24) is 0 Å². The van der Waals surface area contributed by atoms with Crippen LogP contribution in [0.15, 0.2) is 29.4 Å². The number of hydrogen-bond donors (Lipinski definition) is 2. The van der Waals surface area contributed by atoms with Gasteiger partial charge in [-0.15, -0.1) is 11.8 Å². The topological polar surface area (TPSA) is 44.3 Å². The molecular weight excluding hydrogens is 258 g/mol. The molecule has 3 nitrogen and oxygen atoms in total. The van der Waals surface area contributed by atoms with Gasteiger partial charge in [-0.3, -0.25) is 0 Å². The van der Waals surface area contributed by atoms with Crippen LogP contribution in [0.2, 0.25) is 0 Å². The van der Waals surface area contributed by atoms with E-state index in [9.17, 15) is 10.2 Å². The third-order valence-corrected chi connectivity index (χ3v) is 4.03. The standard InChI is InChI=1S/C15H19NO2S/c1-9(2)16-6-5-11-12(8-16)14(19-10(3)4)7-13(17)15(11)18/h5-10,18H,1-4H3/p+1. The number of rotatable bonds is 3. The van der Waals surface area contributed by atoms with Gasteiger partial charge in [-0.05, 0) is 19.9 Å². The third-order valence-electron chi connectivity index (χ3n) is 2.97. The first-order valence-corrected chi connectivity index (χ1v) is 7.34. The van der Waals surface area contributed by atoms with Crippen LogP contribution in [0.1, 0.15) is 33.7 Å². The Morgan fingerprint density at radius 2 is 1.79 bits per heavy atom. The SMILES string of the molecule is CC(C)Sc1cc(O)c(O)c2cc[n+](C(C)C)cc12. The van der Waals surface area contributed by atoms with E-state index in [0.717, 1.165) is 10.3 Å². The molecule has 0 aliphatic rings. The summed E-state index contributed by atoms with van der Waals surface area (Å²) in [6.07, 6.45) is 3.96. The summed E-state index contributed by atoms with van der Waals surface area (Å²) in [5.74, 6) is -0.100. The number of hydrogen-bond acceptors (Lipinski definition) is 3. The number of phenols is 2. The normalized spacial score (nSPS) is 11.7. The Balaban J connectivity index is 2.71. The lowest BCUT2D eigenvalue weighted by atomic mass is 10.1. The number of benzene rings is 1. The second-order valence-corrected chi connectivity index (χ2v) is 6.84. The fraction of sp³-hybridized carbons (Fsp3) is 0.400. The van der Waals surface area contributed by atoms with E-state index >= 15 is 0 Å². The highest BCUT2D eigenvalue weighted by Gasteiger charge is 2.16. The summed E-state index contributed by atoms with van der Waals surface area (Å²) in [6.45, 7) is 8.45. The number of aromatic nitrogens is 1. The molecule has 4 heteroatoms. The van der Waals surface area contributed by atoms with Gasteiger partial charge in [0.15, 0.2) is 29.9 Å². The Kier molecular flexibility index (Phi) is 3.90. The molecule has 2 aromatic rings. The zero-order valence-corrected chi connectivity index (χ0v) is 12.5. The molecule has 1 aromatic heterocycles. The Morgan fingerprint density at radius 3 is 2.37 bits per heavy atom. The van der Waals surface area contributed by atoms with Gasteiger partial charge < -0.3 is 10.2 Å². The summed E-state index contributed by atoms with van der Waals surface area (Å²) in [7, 11) is 0. The molecule has 0 aliphatic heterocycles. The van der Waals surface area contributed by atoms with Crippen molar-refractivity contribution < 1.29 is 14.8 Å². The van der Waals surface area contributed by atoms with Gasteiger partial charge in [0, 0.05) is 21.6 Å². The van der Waals surface area contributed by atoms with Gasteiger partial charge in [0.1, 0.15) is 0 Å². The molecule has 0 radical (unpaired) electrons. The first-order chi connectivity index (χ1) is 8.90. The molecule has 0 aliphatic carbocycles. The minimum Gasteiger partial charge on any atom is -0.504 e. The van der Waals surface area contributed by atoms with Crippen molar-refractivity contribution in [1.29, 1.82) is 0 Å². The highest BCUT2D eigenvalue weighted by molar-refractivity contribution is 8.00. The Bertz CT molecular complexity index is 609. The second kappa shape index (κ2) is 5.29. The molecule has 0 atom stereocenters. The van der Waals surface area contributed by atoms with Crippen LogP contribution in [0.4, 0.5) is 0 Å². The van der Waals surface area contributed by atoms with E-state index in [0.29, 0.717) is 16.7 Å². The van der Waals surface area contributed by atoms with Crippen LogP contribution in [0.5, 0.6) is 11.5 Å². The fourth-order valence-corrected chi connectivity index (χ4v) is 2.97. The maximum Gasteiger partial charge on any atom is 0.178 e. The molecule has 2 N–H and O–H groups in total. The Labute approximate surface area is 117 Å². The molecule has 0 saturated heterocycles. The van der Waals surface area contributed by atoms with E-state index < -0.39 is 0 Å². The molecule has 0 spiro atoms. The lowest BCUT2D eigenvalue weighted by molar-refractivity contribution is -0.715. The average molecular weight is 278 g/mol. The first-order valence-electron chi connectivity index (χ1n) is 6.46. The van der Waals surface area contributed by atoms with Crippen molar-refractivity contribution in [2.45, 2.75) is 43.9 Å². The number of pyridine rings is 1. The summed E-state index contributed by atoms with van der Waals surface area (Å²) < 4.78 is 2.10. The fourth-order valence-electron chi connectivity index (χ4n) is 2.00. The number of fused-ring (bicyclic) bond motifs is 1. The molecular formula is C15H20NO2S+. The van der Waals surface area contributed by atoms with Crippen molar-refractivity contribution in [3.8, 4) is 11.5 Å². The zero-order valence-electron chi connectivity index (χ0n) is 11.7. The van der Waals surface area contributed by atoms with E-state index in [4.69, 9.17) is 0 Å². The third kappa shape index (κ3) is 2.78. The number of thioether (sulfide) groups is 1. The number of aromatic hydroxyl groups is 2. The molecule has 0 amide bonds. The van der Waals surface area contributed by atoms with Crippen molar-refractivity contribution in [2.24, 2.45) is 0 Å². The van der Waals surface area contributed by atoms with Crippen molar-refractivity contribution in [2.75, 3.05) is 0 Å². The highest BCUT2D eigenvalue weighted by atomic mass is 32.2. The second-order valence-electron chi connectivity index (χ2n) is 5.22. The minimum absolute atomic E-state index is 0.0426. The van der Waals surface area contributed by atoms with E-state index in [2.05, 4.69) is 32.3 Å². The molecule has 1 heterocycles. The smallest absolute Gasteiger partial charge is 0.178 e. The van der Waals surface area contributed by atoms with Crippen LogP contribution in [0.3, 0.4) is 0 Å². The van der Waals surface area contributed by atoms with Gasteiger partial charge in [-0.1, -0.05) is 13.8 Å². The van der Waals surface area contributed by atoms with Gasteiger partial charge >= 0.3 is 0 Å². The van der Waals surface area contributed by atoms with Gasteiger partial charge in [-0.25, -0.2) is 4.57 Å². The van der Waals surface area contributed by atoms with Crippen LogP contribution in [-0.4, -0.2) is 15.5 Å². The van der Waals surface area contributed by atoms with Gasteiger partial charge in [0.2, 0.25) is 0 Å². The first kappa shape index (κ1) is 14.0. The summed E-state index contributed by atoms with van der Waals surface area (Å²) in [4.78, 5) is 0.996. The molecule has 2 rings (SSSR count). The van der Waals surface area contributed by atoms with Crippen molar-refractivity contribution >= 4 is 22.5 Å². The molecule has 0 saturated carbocycles. The number of nitrogens with zero attached hydrogens (tertiary/aromatic N) is 1. The Morgan fingerprint density at radius 1 is 1.11 bits per heavy atom. The highest BCUT2D eigenvalue weighted by Crippen LogP contribution is 2.40. The monoisotopic (exact) mass is 278 g/mol. The summed E-state index contributed by atoms with van der Waals surface area (Å²) in [5.41, 5.74) is 0. The largest absolute Gasteiger partial charge is 0.504 e. The lowest BCUT2D eigenvalue weighted by Crippen LogP contribution is -2.34. The minimum atomic E-state index is -0.0575. The molecule has 1 aromatic carbocycles. The molecule has 0 bridgehead atoms. The maximum atomic E-state index is 9.98. The lowest BCUT2D eigenvalue weighted by Gasteiger charge is -2.11. The summed E-state index contributed by atoms with van der Waals surface area (Å²) in [6, 6.07) is 3.86. The number of phenolic OH excluding ortho intramolecular Hbond substituents is 2. The van der Waals surface area contributed by atoms with Gasteiger partial charge in [-0.2, -0.15) is 0 Å². The maximum absolute atomic E-state index is 9.98. The predicted molar refractivity (Wildman–Crippen MR) is 78.9 cm³/mol. The zero-order chi connectivity index (χ0) is 14.2. The summed E-state index contributed by atoms with van der Waals surface area (Å²) >= 11 is 1.69. The molecule has 19 heavy (non-hydrogen) atoms. The van der Waals surface area contributed by atoms with E-state index in [1.807, 2.05) is 18.5 Å². The van der Waals surface area contributed by atoms with Crippen LogP contribution in [-0.2, 0) is 0 Å². The van der Waals surface area contributed by atoms with E-state index in [1.54, 1.807) is 17.8 Å². The Hall–Kier alpha value is -1.42. The van der Waals surface area contributed by atoms with Gasteiger partial charge in [0.05, 0.1) is 5.39 Å².